The Bertz CT molecular complexity index is 1510. The average Bonchev–Trinajstić information content (AvgIpc) is 3.33. The van der Waals surface area contributed by atoms with Crippen LogP contribution in [-0.4, -0.2) is 43.9 Å². The van der Waals surface area contributed by atoms with Crippen LogP contribution in [0.2, 0.25) is 0 Å². The second-order valence-electron chi connectivity index (χ2n) is 7.36. The Labute approximate surface area is 187 Å². The molecule has 0 aliphatic heterocycles. The summed E-state index contributed by atoms with van der Waals surface area (Å²) in [6.45, 7) is 0.455. The van der Waals surface area contributed by atoms with Gasteiger partial charge >= 0.3 is 0 Å². The minimum absolute atomic E-state index is 0.150. The quantitative estimate of drug-likeness (QED) is 0.373. The Kier molecular flexibility index (Phi) is 5.39. The normalized spacial score (nSPS) is 11.2. The summed E-state index contributed by atoms with van der Waals surface area (Å²) in [5.41, 5.74) is 1.82. The van der Waals surface area contributed by atoms with Crippen molar-refractivity contribution >= 4 is 21.9 Å². The summed E-state index contributed by atoms with van der Waals surface area (Å²) in [5.74, 6) is 1.97. The number of methoxy groups -OCH3 is 2. The average molecular weight is 444 g/mol. The fourth-order valence-electron chi connectivity index (χ4n) is 3.61. The molecule has 0 saturated heterocycles. The van der Waals surface area contributed by atoms with Crippen molar-refractivity contribution < 1.29 is 14.0 Å². The molecule has 0 amide bonds. The van der Waals surface area contributed by atoms with Crippen LogP contribution in [0.4, 0.5) is 0 Å². The topological polar surface area (TPSA) is 118 Å². The first-order valence-electron chi connectivity index (χ1n) is 10.3. The third kappa shape index (κ3) is 3.98. The molecule has 1 aromatic carbocycles. The molecule has 4 heterocycles. The number of hydrogen-bond donors (Lipinski definition) is 0. The van der Waals surface area contributed by atoms with Crippen molar-refractivity contribution in [3.63, 3.8) is 0 Å². The van der Waals surface area contributed by atoms with E-state index in [9.17, 15) is 4.79 Å². The van der Waals surface area contributed by atoms with Crippen molar-refractivity contribution in [1.82, 2.24) is 29.7 Å². The predicted molar refractivity (Wildman–Crippen MR) is 120 cm³/mol. The van der Waals surface area contributed by atoms with Gasteiger partial charge in [-0.05, 0) is 30.7 Å². The molecule has 33 heavy (non-hydrogen) atoms. The Hall–Kier alpha value is -4.34. The molecule has 10 heteroatoms. The van der Waals surface area contributed by atoms with Gasteiger partial charge in [-0.25, -0.2) is 15.0 Å². The Morgan fingerprint density at radius 2 is 1.91 bits per heavy atom. The van der Waals surface area contributed by atoms with E-state index in [2.05, 4.69) is 25.1 Å². The molecule has 5 rings (SSSR count). The molecular formula is C23H20N6O4. The van der Waals surface area contributed by atoms with E-state index in [1.165, 1.54) is 13.4 Å². The van der Waals surface area contributed by atoms with Crippen LogP contribution in [0.25, 0.3) is 33.3 Å². The van der Waals surface area contributed by atoms with Crippen molar-refractivity contribution in [2.24, 2.45) is 0 Å². The van der Waals surface area contributed by atoms with E-state index in [1.807, 2.05) is 18.2 Å². The molecule has 0 atom stereocenters. The van der Waals surface area contributed by atoms with Crippen LogP contribution in [0.3, 0.4) is 0 Å². The first-order chi connectivity index (χ1) is 16.2. The molecule has 0 fully saturated rings. The number of aryl methyl sites for hydroxylation is 2. The number of rotatable bonds is 7. The van der Waals surface area contributed by atoms with Crippen molar-refractivity contribution in [3.8, 4) is 22.9 Å². The van der Waals surface area contributed by atoms with Gasteiger partial charge in [-0.1, -0.05) is 5.16 Å². The fourth-order valence-corrected chi connectivity index (χ4v) is 3.61. The van der Waals surface area contributed by atoms with Gasteiger partial charge in [0.1, 0.15) is 0 Å². The summed E-state index contributed by atoms with van der Waals surface area (Å²) < 4.78 is 17.5. The Morgan fingerprint density at radius 3 is 2.76 bits per heavy atom. The first kappa shape index (κ1) is 20.6. The van der Waals surface area contributed by atoms with Gasteiger partial charge in [-0.2, -0.15) is 4.98 Å². The predicted octanol–water partition coefficient (Wildman–Crippen LogP) is 3.04. The Morgan fingerprint density at radius 1 is 1.06 bits per heavy atom. The lowest BCUT2D eigenvalue weighted by Crippen LogP contribution is -2.21. The molecule has 0 radical (unpaired) electrons. The van der Waals surface area contributed by atoms with Gasteiger partial charge < -0.3 is 14.0 Å². The standard InChI is InChI=1S/C23H20N6O4/c1-31-18-10-16-17(11-19(18)32-2)26-13-29(23(16)30)8-4-6-20-27-22(28-33-20)15-9-14-5-3-7-24-21(14)25-12-15/h3,5,7,9-13H,4,6,8H2,1-2H3. The van der Waals surface area contributed by atoms with Crippen molar-refractivity contribution in [2.45, 2.75) is 19.4 Å². The van der Waals surface area contributed by atoms with Gasteiger partial charge in [0.2, 0.25) is 11.7 Å². The van der Waals surface area contributed by atoms with Gasteiger partial charge in [-0.15, -0.1) is 0 Å². The third-order valence-electron chi connectivity index (χ3n) is 5.30. The molecule has 10 nitrogen and oxygen atoms in total. The number of benzene rings is 1. The summed E-state index contributed by atoms with van der Waals surface area (Å²) in [6.07, 6.45) is 6.05. The van der Waals surface area contributed by atoms with E-state index < -0.39 is 0 Å². The van der Waals surface area contributed by atoms with E-state index >= 15 is 0 Å². The second kappa shape index (κ2) is 8.65. The number of ether oxygens (including phenoxy) is 2. The number of fused-ring (bicyclic) bond motifs is 2. The molecule has 0 aliphatic rings. The molecule has 0 aliphatic carbocycles. The number of hydrogen-bond acceptors (Lipinski definition) is 9. The van der Waals surface area contributed by atoms with Crippen LogP contribution < -0.4 is 15.0 Å². The van der Waals surface area contributed by atoms with Gasteiger partial charge in [0.05, 0.1) is 31.4 Å². The smallest absolute Gasteiger partial charge is 0.261 e. The van der Waals surface area contributed by atoms with E-state index in [1.54, 1.807) is 36.2 Å². The van der Waals surface area contributed by atoms with E-state index in [4.69, 9.17) is 14.0 Å². The highest BCUT2D eigenvalue weighted by molar-refractivity contribution is 5.81. The lowest BCUT2D eigenvalue weighted by atomic mass is 10.2. The highest BCUT2D eigenvalue weighted by Crippen LogP contribution is 2.29. The van der Waals surface area contributed by atoms with Crippen LogP contribution in [0, 0.1) is 0 Å². The van der Waals surface area contributed by atoms with Crippen molar-refractivity contribution in [2.75, 3.05) is 14.2 Å². The maximum absolute atomic E-state index is 12.9. The van der Waals surface area contributed by atoms with E-state index in [0.717, 1.165) is 10.9 Å². The molecule has 0 bridgehead atoms. The Balaban J connectivity index is 1.30. The SMILES string of the molecule is COc1cc2ncn(CCCc3nc(-c4cnc5ncccc5c4)no3)c(=O)c2cc1OC. The molecule has 0 saturated carbocycles. The van der Waals surface area contributed by atoms with Crippen molar-refractivity contribution in [3.05, 3.63) is 65.3 Å². The van der Waals surface area contributed by atoms with E-state index in [0.29, 0.717) is 59.2 Å². The fraction of sp³-hybridized carbons (Fsp3) is 0.217. The lowest BCUT2D eigenvalue weighted by Gasteiger charge is -2.10. The lowest BCUT2D eigenvalue weighted by molar-refractivity contribution is 0.355. The number of aromatic nitrogens is 6. The molecule has 0 spiro atoms. The van der Waals surface area contributed by atoms with Crippen LogP contribution >= 0.6 is 0 Å². The van der Waals surface area contributed by atoms with Crippen LogP contribution in [0.1, 0.15) is 12.3 Å². The summed E-state index contributed by atoms with van der Waals surface area (Å²) in [6, 6.07) is 9.05. The van der Waals surface area contributed by atoms with Gasteiger partial charge in [0, 0.05) is 42.4 Å². The van der Waals surface area contributed by atoms with E-state index in [-0.39, 0.29) is 5.56 Å². The highest BCUT2D eigenvalue weighted by atomic mass is 16.5. The van der Waals surface area contributed by atoms with Crippen LogP contribution in [-0.2, 0) is 13.0 Å². The van der Waals surface area contributed by atoms with Gasteiger partial charge in [-0.3, -0.25) is 9.36 Å². The van der Waals surface area contributed by atoms with Crippen LogP contribution in [0.5, 0.6) is 11.5 Å². The molecular weight excluding hydrogens is 424 g/mol. The molecule has 0 N–H and O–H groups in total. The molecule has 4 aromatic heterocycles. The molecule has 166 valence electrons. The highest BCUT2D eigenvalue weighted by Gasteiger charge is 2.13. The zero-order valence-electron chi connectivity index (χ0n) is 18.1. The number of nitrogens with zero attached hydrogens (tertiary/aromatic N) is 6. The maximum atomic E-state index is 12.9. The summed E-state index contributed by atoms with van der Waals surface area (Å²) in [5, 5.41) is 5.43. The van der Waals surface area contributed by atoms with Crippen LogP contribution in [0.15, 0.2) is 58.4 Å². The summed E-state index contributed by atoms with van der Waals surface area (Å²) in [7, 11) is 3.07. The molecule has 0 unspecified atom stereocenters. The largest absolute Gasteiger partial charge is 0.493 e. The van der Waals surface area contributed by atoms with Gasteiger partial charge in [0.25, 0.3) is 5.56 Å². The third-order valence-corrected chi connectivity index (χ3v) is 5.30. The summed E-state index contributed by atoms with van der Waals surface area (Å²) in [4.78, 5) is 30.3. The summed E-state index contributed by atoms with van der Waals surface area (Å²) >= 11 is 0. The minimum Gasteiger partial charge on any atom is -0.493 e. The second-order valence-corrected chi connectivity index (χ2v) is 7.36. The number of pyridine rings is 2. The zero-order valence-corrected chi connectivity index (χ0v) is 18.1. The maximum Gasteiger partial charge on any atom is 0.261 e. The van der Waals surface area contributed by atoms with Crippen molar-refractivity contribution in [1.29, 1.82) is 0 Å². The molecule has 5 aromatic rings. The minimum atomic E-state index is -0.150. The first-order valence-corrected chi connectivity index (χ1v) is 10.3. The zero-order chi connectivity index (χ0) is 22.8. The van der Waals surface area contributed by atoms with Gasteiger partial charge in [0.15, 0.2) is 17.1 Å². The monoisotopic (exact) mass is 444 g/mol.